The molecule has 0 aliphatic carbocycles. The van der Waals surface area contributed by atoms with Crippen LogP contribution >= 0.6 is 0 Å². The van der Waals surface area contributed by atoms with Crippen LogP contribution in [-0.4, -0.2) is 23.1 Å². The van der Waals surface area contributed by atoms with Gasteiger partial charge >= 0.3 is 12.0 Å². The van der Waals surface area contributed by atoms with Gasteiger partial charge in [-0.25, -0.2) is 18.4 Å². The normalized spacial score (nSPS) is 12.1. The number of carboxylic acids is 1. The number of carbonyl (C=O) groups is 2. The van der Waals surface area contributed by atoms with Crippen LogP contribution < -0.4 is 10.6 Å². The van der Waals surface area contributed by atoms with E-state index in [2.05, 4.69) is 10.6 Å². The lowest BCUT2D eigenvalue weighted by molar-refractivity contribution is -0.139. The smallest absolute Gasteiger partial charge is 0.326 e. The van der Waals surface area contributed by atoms with Crippen molar-refractivity contribution >= 4 is 17.7 Å². The van der Waals surface area contributed by atoms with Crippen molar-refractivity contribution in [2.24, 2.45) is 5.92 Å². The van der Waals surface area contributed by atoms with E-state index in [0.29, 0.717) is 0 Å². The fourth-order valence-electron chi connectivity index (χ4n) is 1.59. The number of carbonyl (C=O) groups excluding carboxylic acids is 1. The number of benzene rings is 1. The minimum Gasteiger partial charge on any atom is -0.480 e. The number of hydrogen-bond donors (Lipinski definition) is 3. The van der Waals surface area contributed by atoms with Gasteiger partial charge in [0.2, 0.25) is 0 Å². The third-order valence-electron chi connectivity index (χ3n) is 2.49. The molecule has 0 aliphatic rings. The van der Waals surface area contributed by atoms with Crippen LogP contribution in [-0.2, 0) is 4.79 Å². The minimum absolute atomic E-state index is 0.0371. The van der Waals surface area contributed by atoms with Crippen molar-refractivity contribution in [2.45, 2.75) is 26.3 Å². The molecule has 0 heterocycles. The van der Waals surface area contributed by atoms with E-state index in [-0.39, 0.29) is 18.0 Å². The number of nitrogens with one attached hydrogen (secondary N) is 2. The van der Waals surface area contributed by atoms with Gasteiger partial charge in [-0.3, -0.25) is 0 Å². The second-order valence-electron chi connectivity index (χ2n) is 4.75. The lowest BCUT2D eigenvalue weighted by Gasteiger charge is -2.17. The number of carboxylic acid groups (broad SMARTS) is 1. The molecule has 110 valence electrons. The van der Waals surface area contributed by atoms with Crippen LogP contribution in [0.5, 0.6) is 0 Å². The number of aliphatic carboxylic acids is 1. The van der Waals surface area contributed by atoms with Gasteiger partial charge in [0.1, 0.15) is 6.04 Å². The molecule has 7 heteroatoms. The van der Waals surface area contributed by atoms with Crippen molar-refractivity contribution in [3.63, 3.8) is 0 Å². The third-order valence-corrected chi connectivity index (χ3v) is 2.49. The van der Waals surface area contributed by atoms with Crippen LogP contribution in [0.4, 0.5) is 19.3 Å². The number of urea groups is 1. The number of hydrogen-bond acceptors (Lipinski definition) is 2. The van der Waals surface area contributed by atoms with E-state index >= 15 is 0 Å². The molecular formula is C13H16F2N2O3. The Labute approximate surface area is 115 Å². The van der Waals surface area contributed by atoms with Crippen molar-refractivity contribution in [2.75, 3.05) is 5.32 Å². The Morgan fingerprint density at radius 3 is 2.40 bits per heavy atom. The highest BCUT2D eigenvalue weighted by Gasteiger charge is 2.21. The average molecular weight is 286 g/mol. The summed E-state index contributed by atoms with van der Waals surface area (Å²) in [5.41, 5.74) is 0.0371. The van der Waals surface area contributed by atoms with E-state index in [4.69, 9.17) is 5.11 Å². The largest absolute Gasteiger partial charge is 0.480 e. The van der Waals surface area contributed by atoms with Crippen molar-refractivity contribution in [3.05, 3.63) is 29.8 Å². The first-order valence-corrected chi connectivity index (χ1v) is 6.05. The lowest BCUT2D eigenvalue weighted by atomic mass is 10.0. The average Bonchev–Trinajstić information content (AvgIpc) is 2.32. The molecule has 0 bridgehead atoms. The summed E-state index contributed by atoms with van der Waals surface area (Å²) >= 11 is 0. The Morgan fingerprint density at radius 1 is 1.25 bits per heavy atom. The highest BCUT2D eigenvalue weighted by molar-refractivity contribution is 5.92. The molecule has 3 N–H and O–H groups in total. The van der Waals surface area contributed by atoms with Crippen LogP contribution in [0.15, 0.2) is 18.2 Å². The highest BCUT2D eigenvalue weighted by atomic mass is 19.2. The molecule has 20 heavy (non-hydrogen) atoms. The van der Waals surface area contributed by atoms with E-state index in [1.165, 1.54) is 6.07 Å². The number of amides is 2. The zero-order valence-electron chi connectivity index (χ0n) is 11.1. The van der Waals surface area contributed by atoms with E-state index < -0.39 is 29.7 Å². The van der Waals surface area contributed by atoms with Gasteiger partial charge in [-0.15, -0.1) is 0 Å². The van der Waals surface area contributed by atoms with E-state index in [1.807, 2.05) is 13.8 Å². The molecule has 2 amide bonds. The summed E-state index contributed by atoms with van der Waals surface area (Å²) in [5, 5.41) is 13.5. The van der Waals surface area contributed by atoms with Gasteiger partial charge in [-0.1, -0.05) is 13.8 Å². The molecule has 0 fully saturated rings. The molecular weight excluding hydrogens is 270 g/mol. The molecule has 1 rings (SSSR count). The summed E-state index contributed by atoms with van der Waals surface area (Å²) in [5.74, 6) is -3.20. The fourth-order valence-corrected chi connectivity index (χ4v) is 1.59. The second kappa shape index (κ2) is 6.83. The molecule has 1 aromatic carbocycles. The van der Waals surface area contributed by atoms with Crippen LogP contribution in [0, 0.1) is 17.6 Å². The molecule has 0 aromatic heterocycles. The minimum atomic E-state index is -1.15. The maximum absolute atomic E-state index is 13.0. The lowest BCUT2D eigenvalue weighted by Crippen LogP contribution is -2.43. The summed E-state index contributed by atoms with van der Waals surface area (Å²) in [6.45, 7) is 3.65. The summed E-state index contributed by atoms with van der Waals surface area (Å²) in [6.07, 6.45) is 0.264. The molecule has 1 atom stereocenters. The molecule has 0 saturated heterocycles. The molecule has 5 nitrogen and oxygen atoms in total. The van der Waals surface area contributed by atoms with Crippen molar-refractivity contribution in [1.82, 2.24) is 5.32 Å². The fraction of sp³-hybridized carbons (Fsp3) is 0.385. The predicted molar refractivity (Wildman–Crippen MR) is 69.4 cm³/mol. The Balaban J connectivity index is 2.65. The van der Waals surface area contributed by atoms with Gasteiger partial charge < -0.3 is 15.7 Å². The van der Waals surface area contributed by atoms with E-state index in [9.17, 15) is 18.4 Å². The highest BCUT2D eigenvalue weighted by Crippen LogP contribution is 2.13. The Kier molecular flexibility index (Phi) is 5.42. The van der Waals surface area contributed by atoms with Gasteiger partial charge in [0.05, 0.1) is 0 Å². The third kappa shape index (κ3) is 4.83. The topological polar surface area (TPSA) is 78.4 Å². The standard InChI is InChI=1S/C13H16F2N2O3/c1-7(2)5-11(12(18)19)17-13(20)16-8-3-4-9(14)10(15)6-8/h3-4,6-7,11H,5H2,1-2H3,(H,18,19)(H2,16,17,20). The summed E-state index contributed by atoms with van der Waals surface area (Å²) < 4.78 is 25.7. The molecule has 0 spiro atoms. The summed E-state index contributed by atoms with van der Waals surface area (Å²) in [4.78, 5) is 22.6. The number of halogens is 2. The predicted octanol–water partition coefficient (Wildman–Crippen LogP) is 2.59. The van der Waals surface area contributed by atoms with Gasteiger partial charge in [0.25, 0.3) is 0 Å². The molecule has 0 aliphatic heterocycles. The van der Waals surface area contributed by atoms with Crippen molar-refractivity contribution < 1.29 is 23.5 Å². The Bertz CT molecular complexity index is 506. The monoisotopic (exact) mass is 286 g/mol. The van der Waals surface area contributed by atoms with E-state index in [0.717, 1.165) is 12.1 Å². The number of anilines is 1. The maximum atomic E-state index is 13.0. The summed E-state index contributed by atoms with van der Waals surface area (Å²) in [7, 11) is 0. The van der Waals surface area contributed by atoms with Crippen LogP contribution in [0.25, 0.3) is 0 Å². The number of rotatable bonds is 5. The second-order valence-corrected chi connectivity index (χ2v) is 4.75. The van der Waals surface area contributed by atoms with Crippen molar-refractivity contribution in [1.29, 1.82) is 0 Å². The van der Waals surface area contributed by atoms with Crippen molar-refractivity contribution in [3.8, 4) is 0 Å². The summed E-state index contributed by atoms with van der Waals surface area (Å²) in [6, 6.07) is 1.03. The molecule has 1 aromatic rings. The van der Waals surface area contributed by atoms with Crippen LogP contribution in [0.1, 0.15) is 20.3 Å². The first kappa shape index (κ1) is 15.9. The Hall–Kier alpha value is -2.18. The quantitative estimate of drug-likeness (QED) is 0.778. The molecule has 0 saturated carbocycles. The molecule has 1 unspecified atom stereocenters. The molecule has 0 radical (unpaired) electrons. The van der Waals surface area contributed by atoms with Gasteiger partial charge in [-0.2, -0.15) is 0 Å². The van der Waals surface area contributed by atoms with Crippen LogP contribution in [0.3, 0.4) is 0 Å². The first-order chi connectivity index (χ1) is 9.29. The van der Waals surface area contributed by atoms with Gasteiger partial charge in [0.15, 0.2) is 11.6 Å². The SMILES string of the molecule is CC(C)CC(NC(=O)Nc1ccc(F)c(F)c1)C(=O)O. The van der Waals surface area contributed by atoms with Crippen LogP contribution in [0.2, 0.25) is 0 Å². The Morgan fingerprint density at radius 2 is 1.90 bits per heavy atom. The van der Waals surface area contributed by atoms with Gasteiger partial charge in [-0.05, 0) is 24.5 Å². The maximum Gasteiger partial charge on any atom is 0.326 e. The van der Waals surface area contributed by atoms with Gasteiger partial charge in [0, 0.05) is 11.8 Å². The van der Waals surface area contributed by atoms with E-state index in [1.54, 1.807) is 0 Å². The zero-order chi connectivity index (χ0) is 15.3. The first-order valence-electron chi connectivity index (χ1n) is 6.05. The zero-order valence-corrected chi connectivity index (χ0v) is 11.1.